The molecule has 1 aromatic rings. The van der Waals surface area contributed by atoms with Gasteiger partial charge in [-0.1, -0.05) is 31.5 Å². The highest BCUT2D eigenvalue weighted by Crippen LogP contribution is 2.41. The number of hydrogen-bond donors (Lipinski definition) is 0. The lowest BCUT2D eigenvalue weighted by Crippen LogP contribution is -2.39. The van der Waals surface area contributed by atoms with Crippen molar-refractivity contribution < 1.29 is 49.7 Å². The van der Waals surface area contributed by atoms with Crippen LogP contribution >= 0.6 is 0 Å². The molecule has 0 saturated carbocycles. The van der Waals surface area contributed by atoms with E-state index in [0.717, 1.165) is 25.3 Å². The number of halogens is 7. The van der Waals surface area contributed by atoms with Crippen molar-refractivity contribution in [1.29, 1.82) is 0 Å². The van der Waals surface area contributed by atoms with Crippen LogP contribution in [-0.2, 0) is 9.47 Å². The minimum Gasteiger partial charge on any atom is -0.432 e. The lowest BCUT2D eigenvalue weighted by molar-refractivity contribution is -0.276. The molecule has 2 saturated heterocycles. The van der Waals surface area contributed by atoms with Gasteiger partial charge in [0.25, 0.3) is 0 Å². The minimum absolute atomic E-state index is 0.187. The summed E-state index contributed by atoms with van der Waals surface area (Å²) >= 11 is 0. The van der Waals surface area contributed by atoms with Gasteiger partial charge in [0.1, 0.15) is 5.75 Å². The van der Waals surface area contributed by atoms with E-state index in [1.165, 1.54) is 0 Å². The summed E-state index contributed by atoms with van der Waals surface area (Å²) in [5.74, 6) is -6.94. The van der Waals surface area contributed by atoms with E-state index in [2.05, 4.69) is 16.4 Å². The van der Waals surface area contributed by atoms with Crippen molar-refractivity contribution >= 4 is 8.80 Å². The van der Waals surface area contributed by atoms with Gasteiger partial charge in [0.05, 0.1) is 19.1 Å². The first-order valence-electron chi connectivity index (χ1n) is 11.3. The second-order valence-electron chi connectivity index (χ2n) is 8.74. The molecular formula is C22H28F7O4Si. The fourth-order valence-electron chi connectivity index (χ4n) is 4.31. The predicted molar refractivity (Wildman–Crippen MR) is 110 cm³/mol. The number of ether oxygens (including phenoxy) is 4. The summed E-state index contributed by atoms with van der Waals surface area (Å²) in [7, 11) is -0.862. The van der Waals surface area contributed by atoms with Crippen LogP contribution in [0.15, 0.2) is 12.1 Å². The molecular weight excluding hydrogens is 489 g/mol. The van der Waals surface area contributed by atoms with Crippen LogP contribution in [0.4, 0.5) is 30.7 Å². The molecule has 1 radical (unpaired) electrons. The molecule has 34 heavy (non-hydrogen) atoms. The van der Waals surface area contributed by atoms with Crippen LogP contribution in [0.2, 0.25) is 18.1 Å². The van der Waals surface area contributed by atoms with E-state index in [1.54, 1.807) is 0 Å². The van der Waals surface area contributed by atoms with Crippen LogP contribution in [0.3, 0.4) is 0 Å². The summed E-state index contributed by atoms with van der Waals surface area (Å²) in [6.07, 6.45) is -6.06. The third kappa shape index (κ3) is 7.74. The molecule has 0 aromatic heterocycles. The molecule has 2 aliphatic rings. The summed E-state index contributed by atoms with van der Waals surface area (Å²) in [6.45, 7) is 3.47. The molecule has 0 spiro atoms. The lowest BCUT2D eigenvalue weighted by Gasteiger charge is -2.34. The summed E-state index contributed by atoms with van der Waals surface area (Å²) in [5, 5.41) is 0. The van der Waals surface area contributed by atoms with E-state index < -0.39 is 50.3 Å². The maximum Gasteiger partial charge on any atom is 0.573 e. The Morgan fingerprint density at radius 1 is 0.941 bits per heavy atom. The Kier molecular flexibility index (Phi) is 9.13. The molecule has 0 amide bonds. The molecule has 0 N–H and O–H groups in total. The zero-order valence-corrected chi connectivity index (χ0v) is 19.7. The molecule has 0 bridgehead atoms. The van der Waals surface area contributed by atoms with Gasteiger partial charge < -0.3 is 18.9 Å². The Hall–Kier alpha value is -1.53. The van der Waals surface area contributed by atoms with E-state index in [9.17, 15) is 30.7 Å². The molecule has 2 aliphatic heterocycles. The first kappa shape index (κ1) is 27.1. The predicted octanol–water partition coefficient (Wildman–Crippen LogP) is 6.92. The number of hydrogen-bond acceptors (Lipinski definition) is 4. The van der Waals surface area contributed by atoms with E-state index in [0.29, 0.717) is 31.2 Å². The number of alkyl halides is 5. The van der Waals surface area contributed by atoms with Gasteiger partial charge in [0.2, 0.25) is 5.75 Å². The van der Waals surface area contributed by atoms with Crippen molar-refractivity contribution in [3.05, 3.63) is 23.8 Å². The van der Waals surface area contributed by atoms with Crippen molar-refractivity contribution in [3.63, 3.8) is 0 Å². The van der Waals surface area contributed by atoms with Crippen molar-refractivity contribution in [2.24, 2.45) is 11.8 Å². The Morgan fingerprint density at radius 2 is 1.53 bits per heavy atom. The largest absolute Gasteiger partial charge is 0.573 e. The van der Waals surface area contributed by atoms with Crippen molar-refractivity contribution in [2.75, 3.05) is 13.2 Å². The van der Waals surface area contributed by atoms with Crippen LogP contribution in [-0.4, -0.2) is 40.8 Å². The summed E-state index contributed by atoms with van der Waals surface area (Å²) in [5.41, 5.74) is 0. The average molecular weight is 518 g/mol. The van der Waals surface area contributed by atoms with E-state index in [4.69, 9.17) is 9.47 Å². The molecule has 3 rings (SSSR count). The fourth-order valence-corrected chi connectivity index (χ4v) is 7.22. The SMILES string of the molecule is CCCC1COC(CC[Si]2CCC(C(F)(F)Oc3cc(F)c(OC(F)(F)F)c(F)c3)CC2)OC1. The normalized spacial score (nSPS) is 23.2. The zero-order chi connectivity index (χ0) is 24.9. The topological polar surface area (TPSA) is 36.9 Å². The zero-order valence-electron chi connectivity index (χ0n) is 18.7. The van der Waals surface area contributed by atoms with Gasteiger partial charge in [-0.15, -0.1) is 13.2 Å². The van der Waals surface area contributed by atoms with Crippen molar-refractivity contribution in [1.82, 2.24) is 0 Å². The smallest absolute Gasteiger partial charge is 0.432 e. The molecule has 0 aliphatic carbocycles. The third-order valence-corrected chi connectivity index (χ3v) is 9.06. The van der Waals surface area contributed by atoms with Gasteiger partial charge in [-0.05, 0) is 25.7 Å². The molecule has 1 aromatic carbocycles. The molecule has 0 atom stereocenters. The monoisotopic (exact) mass is 517 g/mol. The van der Waals surface area contributed by atoms with Gasteiger partial charge in [0, 0.05) is 26.8 Å². The summed E-state index contributed by atoms with van der Waals surface area (Å²) < 4.78 is 113. The maximum absolute atomic E-state index is 14.6. The first-order valence-corrected chi connectivity index (χ1v) is 13.5. The number of benzene rings is 1. The van der Waals surface area contributed by atoms with Gasteiger partial charge in [-0.25, -0.2) is 8.78 Å². The van der Waals surface area contributed by atoms with Crippen LogP contribution in [0.5, 0.6) is 11.5 Å². The van der Waals surface area contributed by atoms with Crippen molar-refractivity contribution in [2.45, 2.75) is 75.9 Å². The molecule has 2 fully saturated rings. The summed E-state index contributed by atoms with van der Waals surface area (Å²) in [6, 6.07) is 2.64. The minimum atomic E-state index is -5.33. The molecule has 193 valence electrons. The molecule has 4 nitrogen and oxygen atoms in total. The van der Waals surface area contributed by atoms with E-state index >= 15 is 0 Å². The fraction of sp³-hybridized carbons (Fsp3) is 0.727. The Morgan fingerprint density at radius 3 is 2.06 bits per heavy atom. The van der Waals surface area contributed by atoms with E-state index in [1.807, 2.05) is 0 Å². The first-order chi connectivity index (χ1) is 16.0. The average Bonchev–Trinajstić information content (AvgIpc) is 2.75. The second-order valence-corrected chi connectivity index (χ2v) is 11.7. The standard InChI is InChI=1S/C22H28F7O4Si/c1-2-3-14-12-30-19(31-13-14)6-9-34-7-4-15(5-8-34)21(25,26)32-16-10-17(23)20(18(24)11-16)33-22(27,28)29/h10-11,14-15,19H,2-9,12-13H2,1H3. The van der Waals surface area contributed by atoms with Crippen LogP contribution in [0.1, 0.15) is 39.0 Å². The highest BCUT2D eigenvalue weighted by Gasteiger charge is 2.44. The van der Waals surface area contributed by atoms with Gasteiger partial charge in [-0.2, -0.15) is 8.78 Å². The van der Waals surface area contributed by atoms with E-state index in [-0.39, 0.29) is 31.3 Å². The van der Waals surface area contributed by atoms with Crippen LogP contribution < -0.4 is 9.47 Å². The maximum atomic E-state index is 14.6. The van der Waals surface area contributed by atoms with Gasteiger partial charge >= 0.3 is 12.5 Å². The van der Waals surface area contributed by atoms with Gasteiger partial charge in [0.15, 0.2) is 17.9 Å². The molecule has 12 heteroatoms. The summed E-state index contributed by atoms with van der Waals surface area (Å²) in [4.78, 5) is 0. The van der Waals surface area contributed by atoms with Gasteiger partial charge in [-0.3, -0.25) is 0 Å². The highest BCUT2D eigenvalue weighted by molar-refractivity contribution is 6.59. The number of rotatable bonds is 9. The lowest BCUT2D eigenvalue weighted by atomic mass is 10.0. The quantitative estimate of drug-likeness (QED) is 0.263. The Bertz CT molecular complexity index is 769. The Balaban J connectivity index is 1.46. The van der Waals surface area contributed by atoms with Crippen molar-refractivity contribution in [3.8, 4) is 11.5 Å². The second kappa shape index (κ2) is 11.5. The van der Waals surface area contributed by atoms with Crippen LogP contribution in [0.25, 0.3) is 0 Å². The third-order valence-electron chi connectivity index (χ3n) is 6.08. The van der Waals surface area contributed by atoms with Crippen LogP contribution in [0, 0.1) is 23.5 Å². The highest BCUT2D eigenvalue weighted by atomic mass is 28.3. The molecule has 0 unspecified atom stereocenters. The Labute approximate surface area is 195 Å². The molecule has 2 heterocycles.